The van der Waals surface area contributed by atoms with Crippen molar-refractivity contribution in [1.29, 1.82) is 0 Å². The molecule has 3 amide bonds. The van der Waals surface area contributed by atoms with Crippen LogP contribution < -0.4 is 16.4 Å². The minimum absolute atomic E-state index is 0.156. The van der Waals surface area contributed by atoms with Crippen LogP contribution in [0.4, 0.5) is 4.79 Å². The monoisotopic (exact) mass is 251 g/mol. The smallest absolute Gasteiger partial charge is 0.318 e. The number of carbonyl (C=O) groups is 2. The molecule has 0 aromatic carbocycles. The van der Waals surface area contributed by atoms with Gasteiger partial charge in [0.2, 0.25) is 5.91 Å². The maximum atomic E-state index is 11.5. The molecule has 4 aliphatic rings. The molecule has 0 atom stereocenters. The fraction of sp³-hybridized carbons (Fsp3) is 0.846. The van der Waals surface area contributed by atoms with Gasteiger partial charge in [-0.05, 0) is 56.3 Å². The zero-order valence-electron chi connectivity index (χ0n) is 10.6. The Kier molecular flexibility index (Phi) is 2.81. The second-order valence-electron chi connectivity index (χ2n) is 6.46. The number of amides is 3. The summed E-state index contributed by atoms with van der Waals surface area (Å²) in [5.74, 6) is 2.23. The number of imide groups is 1. The van der Waals surface area contributed by atoms with E-state index >= 15 is 0 Å². The molecule has 100 valence electrons. The third-order valence-corrected chi connectivity index (χ3v) is 4.92. The summed E-state index contributed by atoms with van der Waals surface area (Å²) < 4.78 is 0. The maximum absolute atomic E-state index is 11.5. The highest BCUT2D eigenvalue weighted by atomic mass is 16.2. The van der Waals surface area contributed by atoms with Crippen molar-refractivity contribution in [3.63, 3.8) is 0 Å². The highest BCUT2D eigenvalue weighted by Gasteiger charge is 2.50. The fourth-order valence-corrected chi connectivity index (χ4v) is 4.78. The lowest BCUT2D eigenvalue weighted by Gasteiger charge is -2.57. The van der Waals surface area contributed by atoms with Crippen LogP contribution in [0.15, 0.2) is 0 Å². The van der Waals surface area contributed by atoms with Crippen LogP contribution in [-0.4, -0.2) is 24.0 Å². The minimum atomic E-state index is -0.771. The maximum Gasteiger partial charge on any atom is 0.318 e. The van der Waals surface area contributed by atoms with Gasteiger partial charge in [-0.25, -0.2) is 4.79 Å². The van der Waals surface area contributed by atoms with E-state index in [-0.39, 0.29) is 18.0 Å². The lowest BCUT2D eigenvalue weighted by molar-refractivity contribution is -0.120. The van der Waals surface area contributed by atoms with Crippen molar-refractivity contribution in [3.8, 4) is 0 Å². The van der Waals surface area contributed by atoms with Crippen molar-refractivity contribution in [3.05, 3.63) is 0 Å². The van der Waals surface area contributed by atoms with Crippen LogP contribution in [0.3, 0.4) is 0 Å². The number of hydrogen-bond acceptors (Lipinski definition) is 3. The van der Waals surface area contributed by atoms with Crippen molar-refractivity contribution in [1.82, 2.24) is 10.6 Å². The first-order valence-electron chi connectivity index (χ1n) is 6.89. The normalized spacial score (nSPS) is 40.8. The lowest BCUT2D eigenvalue weighted by Crippen LogP contribution is -2.60. The Morgan fingerprint density at radius 1 is 1.06 bits per heavy atom. The summed E-state index contributed by atoms with van der Waals surface area (Å²) in [6, 6.07) is -0.771. The summed E-state index contributed by atoms with van der Waals surface area (Å²) >= 11 is 0. The van der Waals surface area contributed by atoms with E-state index in [9.17, 15) is 9.59 Å². The highest BCUT2D eigenvalue weighted by molar-refractivity contribution is 5.94. The summed E-state index contributed by atoms with van der Waals surface area (Å²) in [5.41, 5.74) is 5.09. The Morgan fingerprint density at radius 2 is 1.56 bits per heavy atom. The summed E-state index contributed by atoms with van der Waals surface area (Å²) in [6.45, 7) is 0.203. The van der Waals surface area contributed by atoms with Crippen LogP contribution >= 0.6 is 0 Å². The van der Waals surface area contributed by atoms with Gasteiger partial charge in [0.1, 0.15) is 0 Å². The van der Waals surface area contributed by atoms with E-state index in [1.807, 2.05) is 0 Å². The molecule has 0 aromatic rings. The SMILES string of the molecule is NC(=O)NC(=O)CNC12CC3CC(CC(C3)C1)C2. The predicted octanol–water partition coefficient (Wildman–Crippen LogP) is 0.740. The van der Waals surface area contributed by atoms with Gasteiger partial charge in [-0.2, -0.15) is 0 Å². The number of carbonyl (C=O) groups excluding carboxylic acids is 2. The van der Waals surface area contributed by atoms with Gasteiger partial charge in [0.25, 0.3) is 0 Å². The van der Waals surface area contributed by atoms with Gasteiger partial charge in [-0.3, -0.25) is 10.1 Å². The zero-order chi connectivity index (χ0) is 12.8. The van der Waals surface area contributed by atoms with Crippen LogP contribution in [0.5, 0.6) is 0 Å². The summed E-state index contributed by atoms with van der Waals surface area (Å²) in [6.07, 6.45) is 7.74. The molecule has 4 bridgehead atoms. The molecule has 0 radical (unpaired) electrons. The number of nitrogens with two attached hydrogens (primary N) is 1. The van der Waals surface area contributed by atoms with Gasteiger partial charge in [-0.1, -0.05) is 0 Å². The lowest BCUT2D eigenvalue weighted by atomic mass is 9.53. The van der Waals surface area contributed by atoms with Gasteiger partial charge in [0.15, 0.2) is 0 Å². The van der Waals surface area contributed by atoms with Gasteiger partial charge < -0.3 is 11.1 Å². The second-order valence-corrected chi connectivity index (χ2v) is 6.46. The summed E-state index contributed by atoms with van der Waals surface area (Å²) in [4.78, 5) is 22.1. The molecule has 0 aromatic heterocycles. The molecule has 5 heteroatoms. The molecule has 4 N–H and O–H groups in total. The van der Waals surface area contributed by atoms with Crippen LogP contribution in [-0.2, 0) is 4.79 Å². The molecule has 0 unspecified atom stereocenters. The molecule has 4 aliphatic carbocycles. The summed E-state index contributed by atoms with van der Waals surface area (Å²) in [7, 11) is 0. The molecule has 4 saturated carbocycles. The first-order valence-corrected chi connectivity index (χ1v) is 6.89. The van der Waals surface area contributed by atoms with Gasteiger partial charge >= 0.3 is 6.03 Å². The number of nitrogens with one attached hydrogen (secondary N) is 2. The van der Waals surface area contributed by atoms with Gasteiger partial charge in [0, 0.05) is 5.54 Å². The average molecular weight is 251 g/mol. The van der Waals surface area contributed by atoms with E-state index < -0.39 is 6.03 Å². The van der Waals surface area contributed by atoms with Crippen molar-refractivity contribution >= 4 is 11.9 Å². The third-order valence-electron chi connectivity index (χ3n) is 4.92. The molecule has 18 heavy (non-hydrogen) atoms. The molecule has 0 saturated heterocycles. The molecular weight excluding hydrogens is 230 g/mol. The molecule has 0 spiro atoms. The number of hydrogen-bond donors (Lipinski definition) is 3. The quantitative estimate of drug-likeness (QED) is 0.691. The topological polar surface area (TPSA) is 84.2 Å². The van der Waals surface area contributed by atoms with Crippen LogP contribution in [0.1, 0.15) is 38.5 Å². The molecule has 4 fully saturated rings. The Balaban J connectivity index is 1.59. The minimum Gasteiger partial charge on any atom is -0.351 e. The molecular formula is C13H21N3O2. The third kappa shape index (κ3) is 2.23. The van der Waals surface area contributed by atoms with E-state index in [0.717, 1.165) is 17.8 Å². The average Bonchev–Trinajstić information content (AvgIpc) is 2.23. The van der Waals surface area contributed by atoms with Crippen LogP contribution in [0.25, 0.3) is 0 Å². The van der Waals surface area contributed by atoms with E-state index in [1.165, 1.54) is 38.5 Å². The van der Waals surface area contributed by atoms with E-state index in [0.29, 0.717) is 0 Å². The van der Waals surface area contributed by atoms with Gasteiger partial charge in [0.05, 0.1) is 6.54 Å². The Labute approximate surface area is 107 Å². The first kappa shape index (κ1) is 12.0. The second kappa shape index (κ2) is 4.23. The van der Waals surface area contributed by atoms with Crippen molar-refractivity contribution < 1.29 is 9.59 Å². The van der Waals surface area contributed by atoms with Crippen LogP contribution in [0, 0.1) is 17.8 Å². The summed E-state index contributed by atoms with van der Waals surface area (Å²) in [5, 5.41) is 5.53. The number of urea groups is 1. The molecule has 0 heterocycles. The largest absolute Gasteiger partial charge is 0.351 e. The molecule has 5 nitrogen and oxygen atoms in total. The van der Waals surface area contributed by atoms with E-state index in [4.69, 9.17) is 5.73 Å². The molecule has 4 rings (SSSR count). The van der Waals surface area contributed by atoms with Crippen molar-refractivity contribution in [2.75, 3.05) is 6.54 Å². The van der Waals surface area contributed by atoms with Crippen LogP contribution in [0.2, 0.25) is 0 Å². The van der Waals surface area contributed by atoms with Gasteiger partial charge in [-0.15, -0.1) is 0 Å². The first-order chi connectivity index (χ1) is 8.55. The predicted molar refractivity (Wildman–Crippen MR) is 66.6 cm³/mol. The molecule has 0 aliphatic heterocycles. The number of primary amides is 1. The zero-order valence-corrected chi connectivity index (χ0v) is 10.6. The Hall–Kier alpha value is -1.10. The number of rotatable bonds is 3. The standard InChI is InChI=1S/C13H21N3O2/c14-12(18)16-11(17)7-15-13-4-8-1-9(5-13)3-10(2-8)6-13/h8-10,15H,1-7H2,(H3,14,16,17,18). The van der Waals surface area contributed by atoms with Crippen molar-refractivity contribution in [2.45, 2.75) is 44.1 Å². The van der Waals surface area contributed by atoms with Crippen molar-refractivity contribution in [2.24, 2.45) is 23.5 Å². The highest BCUT2D eigenvalue weighted by Crippen LogP contribution is 2.55. The van der Waals surface area contributed by atoms with E-state index in [2.05, 4.69) is 10.6 Å². The Bertz CT molecular complexity index is 345. The Morgan fingerprint density at radius 3 is 2.00 bits per heavy atom. The fourth-order valence-electron chi connectivity index (χ4n) is 4.78. The van der Waals surface area contributed by atoms with E-state index in [1.54, 1.807) is 0 Å².